The van der Waals surface area contributed by atoms with Gasteiger partial charge in [0.15, 0.2) is 8.07 Å². The summed E-state index contributed by atoms with van der Waals surface area (Å²) in [5.74, 6) is 0. The molecule has 0 spiro atoms. The lowest BCUT2D eigenvalue weighted by atomic mass is 9.97. The molecule has 0 saturated heterocycles. The van der Waals surface area contributed by atoms with Crippen molar-refractivity contribution in [3.63, 3.8) is 0 Å². The number of hydrogen-bond donors (Lipinski definition) is 0. The first-order valence-electron chi connectivity index (χ1n) is 39.6. The Morgan fingerprint density at radius 3 is 1.44 bits per heavy atom. The van der Waals surface area contributed by atoms with Gasteiger partial charge in [-0.05, 0) is 116 Å². The minimum atomic E-state index is -6.63. The number of benzene rings is 11. The molecule has 0 saturated carbocycles. The Morgan fingerprint density at radius 2 is 0.814 bits per heavy atom. The van der Waals surface area contributed by atoms with Gasteiger partial charge in [0.25, 0.3) is 0 Å². The van der Waals surface area contributed by atoms with E-state index < -0.39 is 308 Å². The normalized spacial score (nSPS) is 19.4. The number of aromatic nitrogens is 2. The standard InChI is InChI=1S/C66H44N2OSi/c1-4-22-50(23-5-1)70(51-24-6-2-7-25-51,52-26-8-3-9-27-52)53-28-17-21-49(44-53)67-59-32-13-10-29-54(59)57-42-47(37-39-61(57)67)45-19-16-20-46(41-45)48-38-40-62-58(43-48)55-30-11-14-33-60(55)68(62)63-34-18-36-65-66(63)56-31-12-15-35-64(56)69-65/h1-44H/i1D,2D,3D,4D,5D,6D,7D,8D,9D,10D,11D,13D,14D,16D,17D,19D,20D,21D,22D,23D,24D,25D,26D,27D,28D,29D,30D,32D,33D,37D,38D,39D,40D,41D,42D,43D,44D. The molecule has 4 heteroatoms. The monoisotopic (exact) mass is 946 g/mol. The van der Waals surface area contributed by atoms with Crippen LogP contribution in [-0.2, 0) is 0 Å². The Bertz CT molecular complexity index is 6300. The van der Waals surface area contributed by atoms with Crippen molar-refractivity contribution in [2.75, 3.05) is 0 Å². The van der Waals surface area contributed by atoms with Crippen LogP contribution in [0.2, 0.25) is 0 Å². The van der Waals surface area contributed by atoms with Crippen molar-refractivity contribution in [1.82, 2.24) is 9.13 Å². The third kappa shape index (κ3) is 6.13. The second-order valence-corrected chi connectivity index (χ2v) is 19.0. The average molecular weight is 946 g/mol. The first-order valence-corrected chi connectivity index (χ1v) is 23.1. The van der Waals surface area contributed by atoms with E-state index in [-0.39, 0.29) is 27.7 Å². The molecule has 3 aromatic heterocycles. The summed E-state index contributed by atoms with van der Waals surface area (Å²) < 4.78 is 358. The van der Waals surface area contributed by atoms with Crippen molar-refractivity contribution >= 4 is 94.4 Å². The Kier molecular flexibility index (Phi) is 4.10. The summed E-state index contributed by atoms with van der Waals surface area (Å²) in [6, 6.07) is -31.9. The molecule has 14 rings (SSSR count). The number of para-hydroxylation sites is 3. The molecule has 0 unspecified atom stereocenters. The predicted octanol–water partition coefficient (Wildman–Crippen LogP) is 14.5. The molecule has 3 nitrogen and oxygen atoms in total. The minimum absolute atomic E-state index is 0.157. The van der Waals surface area contributed by atoms with Crippen molar-refractivity contribution in [2.45, 2.75) is 0 Å². The molecule has 0 fully saturated rings. The Hall–Kier alpha value is -8.96. The number of furan rings is 1. The summed E-state index contributed by atoms with van der Waals surface area (Å²) >= 11 is 0. The highest BCUT2D eigenvalue weighted by atomic mass is 28.3. The molecule has 0 aliphatic rings. The number of rotatable bonds is 8. The van der Waals surface area contributed by atoms with Crippen LogP contribution in [0, 0.1) is 0 Å². The topological polar surface area (TPSA) is 23.0 Å². The van der Waals surface area contributed by atoms with Crippen molar-refractivity contribution < 1.29 is 55.1 Å². The van der Waals surface area contributed by atoms with E-state index in [1.807, 2.05) is 0 Å². The first kappa shape index (κ1) is 17.8. The third-order valence-electron chi connectivity index (χ3n) is 11.9. The number of nitrogens with zero attached hydrogens (tertiary/aromatic N) is 2. The summed E-state index contributed by atoms with van der Waals surface area (Å²) in [4.78, 5) is 0. The Balaban J connectivity index is 1.15. The molecule has 11 aromatic carbocycles. The quantitative estimate of drug-likeness (QED) is 0.110. The van der Waals surface area contributed by atoms with Crippen LogP contribution >= 0.6 is 0 Å². The van der Waals surface area contributed by atoms with Crippen LogP contribution in [0.5, 0.6) is 0 Å². The Morgan fingerprint density at radius 1 is 0.329 bits per heavy atom. The lowest BCUT2D eigenvalue weighted by Gasteiger charge is -2.34. The molecule has 0 aliphatic carbocycles. The molecule has 3 heterocycles. The van der Waals surface area contributed by atoms with Gasteiger partial charge in [0.05, 0.1) is 83.9 Å². The average Bonchev–Trinajstić information content (AvgIpc) is 1.66. The van der Waals surface area contributed by atoms with Gasteiger partial charge in [-0.3, -0.25) is 0 Å². The van der Waals surface area contributed by atoms with Crippen LogP contribution in [0.15, 0.2) is 270 Å². The van der Waals surface area contributed by atoms with Gasteiger partial charge in [0.1, 0.15) is 11.2 Å². The molecule has 0 bridgehead atoms. The summed E-state index contributed by atoms with van der Waals surface area (Å²) in [6.45, 7) is 0. The molecule has 0 N–H and O–H groups in total. The van der Waals surface area contributed by atoms with Gasteiger partial charge >= 0.3 is 0 Å². The highest BCUT2D eigenvalue weighted by Gasteiger charge is 2.41. The highest BCUT2D eigenvalue weighted by Crippen LogP contribution is 2.41. The van der Waals surface area contributed by atoms with Gasteiger partial charge in [-0.25, -0.2) is 0 Å². The molecular weight excluding hydrogens is 865 g/mol. The zero-order chi connectivity index (χ0) is 78.4. The molecule has 0 amide bonds. The number of fused-ring (bicyclic) bond motifs is 9. The Labute approximate surface area is 458 Å². The fourth-order valence-electron chi connectivity index (χ4n) is 8.98. The van der Waals surface area contributed by atoms with E-state index in [0.717, 1.165) is 0 Å². The van der Waals surface area contributed by atoms with E-state index in [1.165, 1.54) is 4.57 Å². The maximum Gasteiger partial charge on any atom is 0.179 e. The van der Waals surface area contributed by atoms with Crippen LogP contribution in [0.25, 0.3) is 99.2 Å². The van der Waals surface area contributed by atoms with Gasteiger partial charge in [-0.2, -0.15) is 0 Å². The van der Waals surface area contributed by atoms with Crippen molar-refractivity contribution in [1.29, 1.82) is 0 Å². The fourth-order valence-corrected chi connectivity index (χ4v) is 12.5. The minimum Gasteiger partial charge on any atom is -0.456 e. The molecule has 14 aromatic rings. The number of hydrogen-bond acceptors (Lipinski definition) is 1. The lowest BCUT2D eigenvalue weighted by Crippen LogP contribution is -2.74. The second-order valence-electron chi connectivity index (χ2n) is 15.5. The molecule has 70 heavy (non-hydrogen) atoms. The van der Waals surface area contributed by atoms with Gasteiger partial charge in [-0.1, -0.05) is 193 Å². The van der Waals surface area contributed by atoms with E-state index in [1.54, 1.807) is 42.5 Å². The second kappa shape index (κ2) is 16.1. The van der Waals surface area contributed by atoms with Gasteiger partial charge < -0.3 is 13.6 Å². The largest absolute Gasteiger partial charge is 0.456 e. The van der Waals surface area contributed by atoms with E-state index in [2.05, 4.69) is 0 Å². The van der Waals surface area contributed by atoms with Gasteiger partial charge in [0.2, 0.25) is 0 Å². The summed E-state index contributed by atoms with van der Waals surface area (Å²) in [6.07, 6.45) is 0. The van der Waals surface area contributed by atoms with Gasteiger partial charge in [-0.15, -0.1) is 0 Å². The SMILES string of the molecule is [2H]c1c([2H])c([2H])c([Si](c2c([2H])c([2H])c([2H])c([2H])c2[2H])(c2c([2H])c([2H])c([2H])c([2H])c2[2H])c2c([2H])c([2H])c([2H])c(-n3c4c([2H])c([2H])c([2H])c([2H])c4c4c([2H])c(-c5c([2H])c([2H])c([2H])c(-c6c([2H])c([2H])c7c(c6[2H])c6c([2H])c([2H])c([2H])c([2H])c6n7-c6cccc7oc8ccccc8c67)c5[2H])c([2H])c([2H])c43)c2[2H])c([2H])c1[2H]. The predicted molar refractivity (Wildman–Crippen MR) is 297 cm³/mol. The first-order chi connectivity index (χ1) is 50.1. The van der Waals surface area contributed by atoms with E-state index >= 15 is 0 Å². The highest BCUT2D eigenvalue weighted by molar-refractivity contribution is 7.19. The maximum absolute atomic E-state index is 10.6. The summed E-state index contributed by atoms with van der Waals surface area (Å²) in [5.41, 5.74) is -6.81. The fraction of sp³-hybridized carbons (Fsp3) is 0. The van der Waals surface area contributed by atoms with E-state index in [4.69, 9.17) is 22.2 Å². The smallest absolute Gasteiger partial charge is 0.179 e. The van der Waals surface area contributed by atoms with Crippen LogP contribution in [0.4, 0.5) is 0 Å². The zero-order valence-corrected chi connectivity index (χ0v) is 36.3. The molecule has 0 radical (unpaired) electrons. The van der Waals surface area contributed by atoms with E-state index in [0.29, 0.717) is 20.9 Å². The summed E-state index contributed by atoms with van der Waals surface area (Å²) in [7, 11) is -6.63. The van der Waals surface area contributed by atoms with E-state index in [9.17, 15) is 32.9 Å². The van der Waals surface area contributed by atoms with Crippen molar-refractivity contribution in [3.05, 3.63) is 266 Å². The molecule has 0 aliphatic heterocycles. The van der Waals surface area contributed by atoms with Crippen molar-refractivity contribution in [3.8, 4) is 33.6 Å². The van der Waals surface area contributed by atoms with Crippen LogP contribution in [-0.4, -0.2) is 17.2 Å². The molecular formula is C66H44N2OSi. The van der Waals surface area contributed by atoms with Crippen molar-refractivity contribution in [2.24, 2.45) is 0 Å². The van der Waals surface area contributed by atoms with Crippen LogP contribution in [0.3, 0.4) is 0 Å². The third-order valence-corrected chi connectivity index (χ3v) is 15.9. The summed E-state index contributed by atoms with van der Waals surface area (Å²) in [5, 5.41) is -6.78. The molecule has 0 atom stereocenters. The maximum atomic E-state index is 10.6. The van der Waals surface area contributed by atoms with Gasteiger partial charge in [0, 0.05) is 32.6 Å². The molecule has 328 valence electrons. The lowest BCUT2D eigenvalue weighted by molar-refractivity contribution is 0.669. The van der Waals surface area contributed by atoms with Crippen LogP contribution in [0.1, 0.15) is 50.7 Å². The van der Waals surface area contributed by atoms with Crippen LogP contribution < -0.4 is 20.7 Å². The zero-order valence-electron chi connectivity index (χ0n) is 72.3.